The molecule has 2 aromatic carbocycles. The van der Waals surface area contributed by atoms with Crippen LogP contribution in [0.15, 0.2) is 40.9 Å². The van der Waals surface area contributed by atoms with E-state index in [1.165, 1.54) is 6.07 Å². The fraction of sp³-hybridized carbons (Fsp3) is 0.200. The van der Waals surface area contributed by atoms with E-state index < -0.39 is 6.10 Å². The van der Waals surface area contributed by atoms with Crippen LogP contribution in [-0.4, -0.2) is 0 Å². The van der Waals surface area contributed by atoms with E-state index in [1.54, 1.807) is 12.1 Å². The molecule has 2 nitrogen and oxygen atoms in total. The predicted octanol–water partition coefficient (Wildman–Crippen LogP) is 4.77. The van der Waals surface area contributed by atoms with Gasteiger partial charge in [-0.2, -0.15) is 0 Å². The van der Waals surface area contributed by atoms with Gasteiger partial charge < -0.3 is 10.5 Å². The van der Waals surface area contributed by atoms with Gasteiger partial charge in [0.1, 0.15) is 17.7 Å². The zero-order valence-electron chi connectivity index (χ0n) is 10.4. The summed E-state index contributed by atoms with van der Waals surface area (Å²) >= 11 is 9.50. The first kappa shape index (κ1) is 13.9. The number of benzene rings is 2. The maximum absolute atomic E-state index is 14.0. The second kappa shape index (κ2) is 5.35. The molecular weight excluding hydrogens is 345 g/mol. The van der Waals surface area contributed by atoms with Crippen molar-refractivity contribution in [2.45, 2.75) is 18.6 Å². The summed E-state index contributed by atoms with van der Waals surface area (Å²) < 4.78 is 20.8. The number of halogens is 3. The van der Waals surface area contributed by atoms with Gasteiger partial charge in [0, 0.05) is 28.1 Å². The molecule has 20 heavy (non-hydrogen) atoms. The lowest BCUT2D eigenvalue weighted by atomic mass is 9.93. The van der Waals surface area contributed by atoms with E-state index in [2.05, 4.69) is 15.9 Å². The molecule has 5 heteroatoms. The molecule has 2 aromatic rings. The smallest absolute Gasteiger partial charge is 0.131 e. The standard InChI is InChI=1S/C15H12BrClFNO/c16-8-4-5-13-9(6-8)12(19)7-14(20-13)15-10(17)2-1-3-11(15)18/h1-6,12,14H,7,19H2. The second-order valence-electron chi connectivity index (χ2n) is 4.77. The number of ether oxygens (including phenoxy) is 1. The summed E-state index contributed by atoms with van der Waals surface area (Å²) in [7, 11) is 0. The number of fused-ring (bicyclic) bond motifs is 1. The van der Waals surface area contributed by atoms with Gasteiger partial charge in [-0.05, 0) is 30.3 Å². The highest BCUT2D eigenvalue weighted by Crippen LogP contribution is 2.42. The minimum absolute atomic E-state index is 0.211. The molecule has 2 N–H and O–H groups in total. The Hall–Kier alpha value is -1.10. The van der Waals surface area contributed by atoms with E-state index in [9.17, 15) is 4.39 Å². The van der Waals surface area contributed by atoms with E-state index in [0.29, 0.717) is 22.8 Å². The molecule has 2 atom stereocenters. The summed E-state index contributed by atoms with van der Waals surface area (Å²) in [5.41, 5.74) is 7.47. The predicted molar refractivity (Wildman–Crippen MR) is 80.5 cm³/mol. The van der Waals surface area contributed by atoms with Crippen LogP contribution in [0.1, 0.15) is 29.7 Å². The van der Waals surface area contributed by atoms with E-state index >= 15 is 0 Å². The average molecular weight is 357 g/mol. The fourth-order valence-electron chi connectivity index (χ4n) is 2.47. The molecule has 0 fully saturated rings. The summed E-state index contributed by atoms with van der Waals surface area (Å²) in [6.07, 6.45) is 0.0248. The van der Waals surface area contributed by atoms with E-state index in [0.717, 1.165) is 10.0 Å². The van der Waals surface area contributed by atoms with Crippen molar-refractivity contribution < 1.29 is 9.13 Å². The average Bonchev–Trinajstić information content (AvgIpc) is 2.39. The second-order valence-corrected chi connectivity index (χ2v) is 6.09. The normalized spacial score (nSPS) is 21.2. The number of hydrogen-bond donors (Lipinski definition) is 1. The lowest BCUT2D eigenvalue weighted by molar-refractivity contribution is 0.157. The Morgan fingerprint density at radius 2 is 2.10 bits per heavy atom. The van der Waals surface area contributed by atoms with Crippen LogP contribution in [0.25, 0.3) is 0 Å². The van der Waals surface area contributed by atoms with Crippen molar-refractivity contribution in [2.75, 3.05) is 0 Å². The van der Waals surface area contributed by atoms with Crippen molar-refractivity contribution in [3.8, 4) is 5.75 Å². The van der Waals surface area contributed by atoms with Crippen molar-refractivity contribution in [2.24, 2.45) is 5.73 Å². The molecule has 0 aromatic heterocycles. The molecule has 0 saturated carbocycles. The van der Waals surface area contributed by atoms with E-state index in [-0.39, 0.29) is 11.9 Å². The molecule has 1 heterocycles. The van der Waals surface area contributed by atoms with Crippen molar-refractivity contribution >= 4 is 27.5 Å². The largest absolute Gasteiger partial charge is 0.485 e. The SMILES string of the molecule is NC1CC(c2c(F)cccc2Cl)Oc2ccc(Br)cc21. The molecular formula is C15H12BrClFNO. The van der Waals surface area contributed by atoms with Crippen LogP contribution in [0.5, 0.6) is 5.75 Å². The van der Waals surface area contributed by atoms with Gasteiger partial charge in [-0.15, -0.1) is 0 Å². The topological polar surface area (TPSA) is 35.2 Å². The third-order valence-corrected chi connectivity index (χ3v) is 4.25. The van der Waals surface area contributed by atoms with E-state index in [4.69, 9.17) is 22.1 Å². The lowest BCUT2D eigenvalue weighted by Gasteiger charge is -2.31. The zero-order chi connectivity index (χ0) is 14.3. The van der Waals surface area contributed by atoms with Gasteiger partial charge in [-0.25, -0.2) is 4.39 Å². The molecule has 104 valence electrons. The van der Waals surface area contributed by atoms with Crippen molar-refractivity contribution in [3.63, 3.8) is 0 Å². The Morgan fingerprint density at radius 3 is 2.85 bits per heavy atom. The van der Waals surface area contributed by atoms with Gasteiger partial charge in [-0.3, -0.25) is 0 Å². The molecule has 0 aliphatic carbocycles. The maximum Gasteiger partial charge on any atom is 0.131 e. The molecule has 0 spiro atoms. The molecule has 3 rings (SSSR count). The van der Waals surface area contributed by atoms with Crippen LogP contribution in [0, 0.1) is 5.82 Å². The van der Waals surface area contributed by atoms with Crippen LogP contribution in [0.4, 0.5) is 4.39 Å². The Bertz CT molecular complexity index is 644. The molecule has 1 aliphatic rings. The number of hydrogen-bond acceptors (Lipinski definition) is 2. The highest BCUT2D eigenvalue weighted by atomic mass is 79.9. The highest BCUT2D eigenvalue weighted by molar-refractivity contribution is 9.10. The summed E-state index contributed by atoms with van der Waals surface area (Å²) in [5.74, 6) is 0.312. The third-order valence-electron chi connectivity index (χ3n) is 3.43. The summed E-state index contributed by atoms with van der Waals surface area (Å²) in [4.78, 5) is 0. The van der Waals surface area contributed by atoms with Gasteiger partial charge in [0.05, 0.1) is 5.02 Å². The van der Waals surface area contributed by atoms with Crippen LogP contribution < -0.4 is 10.5 Å². The summed E-state index contributed by atoms with van der Waals surface area (Å²) in [6, 6.07) is 10.0. The number of rotatable bonds is 1. The Kier molecular flexibility index (Phi) is 3.71. The first-order valence-electron chi connectivity index (χ1n) is 6.22. The van der Waals surface area contributed by atoms with Crippen molar-refractivity contribution in [1.82, 2.24) is 0 Å². The zero-order valence-corrected chi connectivity index (χ0v) is 12.8. The molecule has 0 bridgehead atoms. The Morgan fingerprint density at radius 1 is 1.30 bits per heavy atom. The van der Waals surface area contributed by atoms with E-state index in [1.807, 2.05) is 18.2 Å². The minimum atomic E-state index is -0.465. The van der Waals surface area contributed by atoms with Crippen molar-refractivity contribution in [1.29, 1.82) is 0 Å². The van der Waals surface area contributed by atoms with Crippen LogP contribution in [0.3, 0.4) is 0 Å². The Labute approximate surface area is 129 Å². The monoisotopic (exact) mass is 355 g/mol. The quantitative estimate of drug-likeness (QED) is 0.799. The van der Waals surface area contributed by atoms with Gasteiger partial charge in [0.25, 0.3) is 0 Å². The first-order valence-corrected chi connectivity index (χ1v) is 7.39. The van der Waals surface area contributed by atoms with Crippen LogP contribution in [0.2, 0.25) is 5.02 Å². The van der Waals surface area contributed by atoms with Crippen LogP contribution >= 0.6 is 27.5 Å². The van der Waals surface area contributed by atoms with Crippen LogP contribution in [-0.2, 0) is 0 Å². The molecule has 1 aliphatic heterocycles. The summed E-state index contributed by atoms with van der Waals surface area (Å²) in [5, 5.41) is 0.364. The van der Waals surface area contributed by atoms with Gasteiger partial charge in [0.2, 0.25) is 0 Å². The summed E-state index contributed by atoms with van der Waals surface area (Å²) in [6.45, 7) is 0. The molecule has 0 amide bonds. The molecule has 0 saturated heterocycles. The van der Waals surface area contributed by atoms with Gasteiger partial charge in [-0.1, -0.05) is 33.6 Å². The van der Waals surface area contributed by atoms with Gasteiger partial charge >= 0.3 is 0 Å². The van der Waals surface area contributed by atoms with Gasteiger partial charge in [0.15, 0.2) is 0 Å². The number of nitrogens with two attached hydrogens (primary N) is 1. The maximum atomic E-state index is 14.0. The lowest BCUT2D eigenvalue weighted by Crippen LogP contribution is -2.25. The first-order chi connectivity index (χ1) is 9.56. The highest BCUT2D eigenvalue weighted by Gasteiger charge is 2.30. The molecule has 0 radical (unpaired) electrons. The van der Waals surface area contributed by atoms with Crippen molar-refractivity contribution in [3.05, 3.63) is 62.8 Å². The third kappa shape index (κ3) is 2.43. The molecule has 2 unspecified atom stereocenters. The Balaban J connectivity index is 2.01. The fourth-order valence-corrected chi connectivity index (χ4v) is 3.13. The minimum Gasteiger partial charge on any atom is -0.485 e.